The third kappa shape index (κ3) is 5.41. The van der Waals surface area contributed by atoms with Crippen LogP contribution in [-0.4, -0.2) is 67.7 Å². The number of amides is 1. The largest absolute Gasteiger partial charge is 0.484 e. The number of benzene rings is 1. The average molecular weight is 350 g/mol. The highest BCUT2D eigenvalue weighted by Crippen LogP contribution is 2.19. The van der Waals surface area contributed by atoms with Gasteiger partial charge in [-0.05, 0) is 37.1 Å². The molecule has 0 aromatic heterocycles. The van der Waals surface area contributed by atoms with Gasteiger partial charge in [-0.25, -0.2) is 4.39 Å². The zero-order valence-electron chi connectivity index (χ0n) is 14.7. The van der Waals surface area contributed by atoms with E-state index in [9.17, 15) is 9.18 Å². The summed E-state index contributed by atoms with van der Waals surface area (Å²) >= 11 is 0. The summed E-state index contributed by atoms with van der Waals surface area (Å²) in [6.45, 7) is 5.12. The molecule has 25 heavy (non-hydrogen) atoms. The molecule has 0 aliphatic carbocycles. The number of carbonyl (C=O) groups is 1. The van der Waals surface area contributed by atoms with Gasteiger partial charge >= 0.3 is 0 Å². The van der Waals surface area contributed by atoms with Gasteiger partial charge in [0.1, 0.15) is 11.6 Å². The van der Waals surface area contributed by atoms with Crippen LogP contribution in [0.4, 0.5) is 4.39 Å². The molecule has 2 aliphatic rings. The molecule has 5 nitrogen and oxygen atoms in total. The minimum Gasteiger partial charge on any atom is -0.484 e. The van der Waals surface area contributed by atoms with Gasteiger partial charge in [0.15, 0.2) is 6.61 Å². The minimum atomic E-state index is -0.309. The lowest BCUT2D eigenvalue weighted by Gasteiger charge is -2.36. The van der Waals surface area contributed by atoms with E-state index in [0.717, 1.165) is 58.7 Å². The number of rotatable bonds is 5. The van der Waals surface area contributed by atoms with Crippen molar-refractivity contribution in [3.05, 3.63) is 30.1 Å². The molecule has 3 rings (SSSR count). The number of carbonyl (C=O) groups excluding carboxylic acids is 1. The smallest absolute Gasteiger partial charge is 0.260 e. The maximum Gasteiger partial charge on any atom is 0.260 e. The van der Waals surface area contributed by atoms with Gasteiger partial charge in [0, 0.05) is 32.2 Å². The first kappa shape index (κ1) is 18.1. The Morgan fingerprint density at radius 1 is 1.12 bits per heavy atom. The second-order valence-corrected chi connectivity index (χ2v) is 6.75. The molecule has 138 valence electrons. The molecular formula is C19H27FN2O3. The van der Waals surface area contributed by atoms with Gasteiger partial charge in [0.25, 0.3) is 5.91 Å². The summed E-state index contributed by atoms with van der Waals surface area (Å²) < 4.78 is 23.9. The molecule has 1 unspecified atom stereocenters. The van der Waals surface area contributed by atoms with E-state index in [1.807, 2.05) is 4.90 Å². The van der Waals surface area contributed by atoms with E-state index in [4.69, 9.17) is 9.47 Å². The summed E-state index contributed by atoms with van der Waals surface area (Å²) in [6.07, 6.45) is 4.42. The molecule has 2 heterocycles. The number of hydrogen-bond acceptors (Lipinski definition) is 4. The normalized spacial score (nSPS) is 22.4. The Bertz CT molecular complexity index is 546. The molecule has 1 aromatic rings. The van der Waals surface area contributed by atoms with Gasteiger partial charge in [0.2, 0.25) is 0 Å². The number of halogens is 1. The van der Waals surface area contributed by atoms with Crippen molar-refractivity contribution in [2.75, 3.05) is 46.0 Å². The first-order valence-corrected chi connectivity index (χ1v) is 9.20. The van der Waals surface area contributed by atoms with E-state index >= 15 is 0 Å². The zero-order valence-corrected chi connectivity index (χ0v) is 14.7. The molecule has 0 saturated carbocycles. The average Bonchev–Trinajstić information content (AvgIpc) is 2.87. The lowest BCUT2D eigenvalue weighted by molar-refractivity contribution is -0.136. The number of morpholine rings is 1. The van der Waals surface area contributed by atoms with Crippen molar-refractivity contribution in [2.24, 2.45) is 0 Å². The molecule has 2 aliphatic heterocycles. The Morgan fingerprint density at radius 3 is 2.64 bits per heavy atom. The maximum absolute atomic E-state index is 13.0. The van der Waals surface area contributed by atoms with Crippen molar-refractivity contribution in [3.63, 3.8) is 0 Å². The van der Waals surface area contributed by atoms with Crippen LogP contribution in [0.25, 0.3) is 0 Å². The standard InChI is InChI=1S/C19H27FN2O3/c20-16-5-7-18(8-6-16)25-15-19(23)22-9-3-1-2-4-17(22)14-21-10-12-24-13-11-21/h5-8,17H,1-4,9-15H2. The van der Waals surface area contributed by atoms with Crippen molar-refractivity contribution in [2.45, 2.75) is 31.7 Å². The molecular weight excluding hydrogens is 323 g/mol. The Hall–Kier alpha value is -1.66. The Morgan fingerprint density at radius 2 is 1.88 bits per heavy atom. The molecule has 0 spiro atoms. The fourth-order valence-corrected chi connectivity index (χ4v) is 3.54. The van der Waals surface area contributed by atoms with Crippen molar-refractivity contribution >= 4 is 5.91 Å². The Kier molecular flexibility index (Phi) is 6.64. The van der Waals surface area contributed by atoms with Crippen LogP contribution in [0, 0.1) is 5.82 Å². The molecule has 1 aromatic carbocycles. The SMILES string of the molecule is O=C(COc1ccc(F)cc1)N1CCCCCC1CN1CCOCC1. The maximum atomic E-state index is 13.0. The summed E-state index contributed by atoms with van der Waals surface area (Å²) in [6, 6.07) is 6.02. The third-order valence-electron chi connectivity index (χ3n) is 4.95. The quantitative estimate of drug-likeness (QED) is 0.817. The van der Waals surface area contributed by atoms with E-state index in [1.54, 1.807) is 12.1 Å². The van der Waals surface area contributed by atoms with Crippen LogP contribution < -0.4 is 4.74 Å². The summed E-state index contributed by atoms with van der Waals surface area (Å²) in [7, 11) is 0. The second-order valence-electron chi connectivity index (χ2n) is 6.75. The van der Waals surface area contributed by atoms with Crippen molar-refractivity contribution < 1.29 is 18.7 Å². The topological polar surface area (TPSA) is 42.0 Å². The van der Waals surface area contributed by atoms with E-state index < -0.39 is 0 Å². The van der Waals surface area contributed by atoms with Gasteiger partial charge in [0.05, 0.1) is 13.2 Å². The minimum absolute atomic E-state index is 0.00520. The fraction of sp³-hybridized carbons (Fsp3) is 0.632. The van der Waals surface area contributed by atoms with E-state index in [0.29, 0.717) is 5.75 Å². The molecule has 1 atom stereocenters. The van der Waals surface area contributed by atoms with Gasteiger partial charge < -0.3 is 14.4 Å². The highest BCUT2D eigenvalue weighted by Gasteiger charge is 2.28. The molecule has 6 heteroatoms. The summed E-state index contributed by atoms with van der Waals surface area (Å²) in [5.74, 6) is 0.232. The Labute approximate surface area is 148 Å². The first-order valence-electron chi connectivity index (χ1n) is 9.20. The van der Waals surface area contributed by atoms with Crippen molar-refractivity contribution in [1.82, 2.24) is 9.80 Å². The predicted molar refractivity (Wildman–Crippen MR) is 93.1 cm³/mol. The monoisotopic (exact) mass is 350 g/mol. The van der Waals surface area contributed by atoms with E-state index in [1.165, 1.54) is 18.6 Å². The van der Waals surface area contributed by atoms with E-state index in [2.05, 4.69) is 4.90 Å². The van der Waals surface area contributed by atoms with Crippen molar-refractivity contribution in [3.8, 4) is 5.75 Å². The van der Waals surface area contributed by atoms with Gasteiger partial charge in [-0.1, -0.05) is 12.8 Å². The van der Waals surface area contributed by atoms with Crippen LogP contribution >= 0.6 is 0 Å². The van der Waals surface area contributed by atoms with Crippen LogP contribution in [0.3, 0.4) is 0 Å². The molecule has 0 radical (unpaired) electrons. The molecule has 1 amide bonds. The summed E-state index contributed by atoms with van der Waals surface area (Å²) in [5.41, 5.74) is 0. The second kappa shape index (κ2) is 9.15. The summed E-state index contributed by atoms with van der Waals surface area (Å²) in [4.78, 5) is 17.1. The van der Waals surface area contributed by atoms with Crippen LogP contribution in [0.15, 0.2) is 24.3 Å². The lowest BCUT2D eigenvalue weighted by Crippen LogP contribution is -2.50. The molecule has 0 bridgehead atoms. The molecule has 0 N–H and O–H groups in total. The third-order valence-corrected chi connectivity index (χ3v) is 4.95. The summed E-state index contributed by atoms with van der Waals surface area (Å²) in [5, 5.41) is 0. The van der Waals surface area contributed by atoms with Crippen LogP contribution in [0.2, 0.25) is 0 Å². The van der Waals surface area contributed by atoms with Gasteiger partial charge in [-0.3, -0.25) is 9.69 Å². The Balaban J connectivity index is 1.57. The molecule has 2 saturated heterocycles. The predicted octanol–water partition coefficient (Wildman–Crippen LogP) is 2.31. The fourth-order valence-electron chi connectivity index (χ4n) is 3.54. The number of ether oxygens (including phenoxy) is 2. The van der Waals surface area contributed by atoms with Gasteiger partial charge in [-0.2, -0.15) is 0 Å². The van der Waals surface area contributed by atoms with Crippen molar-refractivity contribution in [1.29, 1.82) is 0 Å². The van der Waals surface area contributed by atoms with Crippen LogP contribution in [0.1, 0.15) is 25.7 Å². The lowest BCUT2D eigenvalue weighted by atomic mass is 10.1. The van der Waals surface area contributed by atoms with Gasteiger partial charge in [-0.15, -0.1) is 0 Å². The molecule has 2 fully saturated rings. The number of likely N-dealkylation sites (tertiary alicyclic amines) is 1. The highest BCUT2D eigenvalue weighted by molar-refractivity contribution is 5.78. The number of nitrogens with zero attached hydrogens (tertiary/aromatic N) is 2. The first-order chi connectivity index (χ1) is 12.2. The zero-order chi connectivity index (χ0) is 17.5. The highest BCUT2D eigenvalue weighted by atomic mass is 19.1. The van der Waals surface area contributed by atoms with E-state index in [-0.39, 0.29) is 24.4 Å². The van der Waals surface area contributed by atoms with Crippen LogP contribution in [0.5, 0.6) is 5.75 Å². The number of hydrogen-bond donors (Lipinski definition) is 0. The van der Waals surface area contributed by atoms with Crippen LogP contribution in [-0.2, 0) is 9.53 Å².